The van der Waals surface area contributed by atoms with Crippen molar-refractivity contribution in [3.63, 3.8) is 0 Å². The first-order valence-corrected chi connectivity index (χ1v) is 10.8. The van der Waals surface area contributed by atoms with E-state index in [1.165, 1.54) is 21.9 Å². The molecule has 0 amide bonds. The SMILES string of the molecule is [2H]c1cc(-c2ccccc2-c2c3ccccc3c(-c3ccccc3)c3ccccc23)cc([2H])c1[2H]. The highest BCUT2D eigenvalue weighted by atomic mass is 14.2. The maximum absolute atomic E-state index is 8.20. The van der Waals surface area contributed by atoms with Crippen LogP contribution in [0.2, 0.25) is 0 Å². The summed E-state index contributed by atoms with van der Waals surface area (Å²) in [6, 6.07) is 39.3. The summed E-state index contributed by atoms with van der Waals surface area (Å²) in [5.41, 5.74) is 6.33. The summed E-state index contributed by atoms with van der Waals surface area (Å²) in [6.45, 7) is 0. The van der Waals surface area contributed by atoms with Crippen molar-refractivity contribution in [3.05, 3.63) is 133 Å². The third-order valence-corrected chi connectivity index (χ3v) is 6.10. The molecule has 0 spiro atoms. The first-order chi connectivity index (χ1) is 17.1. The van der Waals surface area contributed by atoms with Crippen molar-refractivity contribution < 1.29 is 4.11 Å². The summed E-state index contributed by atoms with van der Waals surface area (Å²) in [4.78, 5) is 0. The van der Waals surface area contributed by atoms with E-state index in [2.05, 4.69) is 78.9 Å². The third-order valence-electron chi connectivity index (χ3n) is 6.10. The minimum atomic E-state index is -0.0469. The lowest BCUT2D eigenvalue weighted by Crippen LogP contribution is -1.92. The standard InChI is InChI=1S/C32H22/c1-3-13-23(14-4-1)25-17-7-8-18-26(25)32-29-21-11-9-19-27(29)31(24-15-5-2-6-16-24)28-20-10-12-22-30(28)32/h1-22H/i1D,3D,4D. The maximum atomic E-state index is 8.20. The molecule has 0 N–H and O–H groups in total. The van der Waals surface area contributed by atoms with E-state index >= 15 is 0 Å². The Bertz CT molecular complexity index is 1640. The molecule has 0 heteroatoms. The molecule has 0 heterocycles. The highest BCUT2D eigenvalue weighted by Gasteiger charge is 2.18. The predicted octanol–water partition coefficient (Wildman–Crippen LogP) is 8.99. The third kappa shape index (κ3) is 3.01. The Kier molecular flexibility index (Phi) is 3.82. The van der Waals surface area contributed by atoms with Gasteiger partial charge in [-0.25, -0.2) is 0 Å². The van der Waals surface area contributed by atoms with Crippen molar-refractivity contribution in [2.45, 2.75) is 0 Å². The van der Waals surface area contributed by atoms with Gasteiger partial charge in [0, 0.05) is 0 Å². The second-order valence-corrected chi connectivity index (χ2v) is 7.91. The van der Waals surface area contributed by atoms with Gasteiger partial charge in [0.2, 0.25) is 0 Å². The Morgan fingerprint density at radius 3 is 1.41 bits per heavy atom. The molecule has 32 heavy (non-hydrogen) atoms. The fourth-order valence-electron chi connectivity index (χ4n) is 4.75. The summed E-state index contributed by atoms with van der Waals surface area (Å²) >= 11 is 0. The van der Waals surface area contributed by atoms with Gasteiger partial charge in [-0.05, 0) is 54.9 Å². The predicted molar refractivity (Wildman–Crippen MR) is 138 cm³/mol. The first-order valence-electron chi connectivity index (χ1n) is 12.3. The van der Waals surface area contributed by atoms with Crippen molar-refractivity contribution in [2.75, 3.05) is 0 Å². The molecule has 0 saturated heterocycles. The van der Waals surface area contributed by atoms with Crippen LogP contribution in [0.1, 0.15) is 4.11 Å². The molecule has 6 rings (SSSR count). The van der Waals surface area contributed by atoms with E-state index < -0.39 is 0 Å². The average Bonchev–Trinajstić information content (AvgIpc) is 2.90. The molecule has 6 aromatic carbocycles. The molecule has 0 saturated carbocycles. The maximum Gasteiger partial charge on any atom is 0.0623 e. The van der Waals surface area contributed by atoms with Crippen LogP contribution in [0, 0.1) is 0 Å². The number of benzene rings is 6. The van der Waals surface area contributed by atoms with Crippen LogP contribution in [0.15, 0.2) is 133 Å². The molecule has 0 aliphatic carbocycles. The van der Waals surface area contributed by atoms with Crippen LogP contribution in [0.4, 0.5) is 0 Å². The van der Waals surface area contributed by atoms with E-state index in [9.17, 15) is 0 Å². The molecule has 150 valence electrons. The Hall–Kier alpha value is -4.16. The Morgan fingerprint density at radius 2 is 0.812 bits per heavy atom. The van der Waals surface area contributed by atoms with Crippen LogP contribution < -0.4 is 0 Å². The summed E-state index contributed by atoms with van der Waals surface area (Å²) in [6.07, 6.45) is 0. The van der Waals surface area contributed by atoms with Crippen molar-refractivity contribution >= 4 is 21.5 Å². The van der Waals surface area contributed by atoms with Crippen LogP contribution in [0.3, 0.4) is 0 Å². The molecule has 0 atom stereocenters. The molecule has 6 aromatic rings. The van der Waals surface area contributed by atoms with Gasteiger partial charge in [-0.15, -0.1) is 0 Å². The van der Waals surface area contributed by atoms with E-state index in [4.69, 9.17) is 4.11 Å². The van der Waals surface area contributed by atoms with E-state index in [-0.39, 0.29) is 18.1 Å². The van der Waals surface area contributed by atoms with Gasteiger partial charge in [-0.2, -0.15) is 0 Å². The van der Waals surface area contributed by atoms with E-state index in [0.717, 1.165) is 33.0 Å². The molecule has 0 unspecified atom stereocenters. The quantitative estimate of drug-likeness (QED) is 0.256. The summed E-state index contributed by atoms with van der Waals surface area (Å²) in [7, 11) is 0. The average molecular weight is 410 g/mol. The molecule has 0 nitrogen and oxygen atoms in total. The number of hydrogen-bond acceptors (Lipinski definition) is 0. The number of hydrogen-bond donors (Lipinski definition) is 0. The fraction of sp³-hybridized carbons (Fsp3) is 0. The largest absolute Gasteiger partial charge is 0.0623 e. The van der Waals surface area contributed by atoms with Gasteiger partial charge in [-0.3, -0.25) is 0 Å². The topological polar surface area (TPSA) is 0 Å². The highest BCUT2D eigenvalue weighted by Crippen LogP contribution is 2.45. The van der Waals surface area contributed by atoms with Gasteiger partial charge < -0.3 is 0 Å². The van der Waals surface area contributed by atoms with Gasteiger partial charge >= 0.3 is 0 Å². The minimum Gasteiger partial charge on any atom is -0.0622 e. The molecular formula is C32H22. The zero-order chi connectivity index (χ0) is 23.9. The normalized spacial score (nSPS) is 12.4. The van der Waals surface area contributed by atoms with Gasteiger partial charge in [0.05, 0.1) is 4.11 Å². The molecule has 0 aromatic heterocycles. The van der Waals surface area contributed by atoms with Crippen LogP contribution in [-0.2, 0) is 0 Å². The molecule has 0 radical (unpaired) electrons. The van der Waals surface area contributed by atoms with Crippen LogP contribution in [0.25, 0.3) is 54.9 Å². The molecule has 0 aliphatic rings. The first kappa shape index (κ1) is 15.6. The molecule has 0 aliphatic heterocycles. The Morgan fingerprint density at radius 1 is 0.344 bits per heavy atom. The van der Waals surface area contributed by atoms with Crippen molar-refractivity contribution in [1.29, 1.82) is 0 Å². The second-order valence-electron chi connectivity index (χ2n) is 7.91. The Balaban J connectivity index is 1.75. The lowest BCUT2D eigenvalue weighted by atomic mass is 9.84. The fourth-order valence-corrected chi connectivity index (χ4v) is 4.75. The smallest absolute Gasteiger partial charge is 0.0622 e. The number of fused-ring (bicyclic) bond motifs is 2. The van der Waals surface area contributed by atoms with Gasteiger partial charge in [0.25, 0.3) is 0 Å². The monoisotopic (exact) mass is 409 g/mol. The lowest BCUT2D eigenvalue weighted by molar-refractivity contribution is 1.60. The Labute approximate surface area is 192 Å². The van der Waals surface area contributed by atoms with Crippen LogP contribution in [0.5, 0.6) is 0 Å². The van der Waals surface area contributed by atoms with Gasteiger partial charge in [-0.1, -0.05) is 133 Å². The van der Waals surface area contributed by atoms with Crippen LogP contribution >= 0.6 is 0 Å². The zero-order valence-corrected chi connectivity index (χ0v) is 17.5. The van der Waals surface area contributed by atoms with Gasteiger partial charge in [0.15, 0.2) is 0 Å². The molecule has 0 fully saturated rings. The summed E-state index contributed by atoms with van der Waals surface area (Å²) in [5.74, 6) is 0. The minimum absolute atomic E-state index is 0.0469. The van der Waals surface area contributed by atoms with E-state index in [0.29, 0.717) is 0 Å². The highest BCUT2D eigenvalue weighted by molar-refractivity contribution is 6.22. The number of rotatable bonds is 3. The summed E-state index contributed by atoms with van der Waals surface area (Å²) < 4.78 is 24.4. The molecule has 0 bridgehead atoms. The van der Waals surface area contributed by atoms with Crippen molar-refractivity contribution in [2.24, 2.45) is 0 Å². The summed E-state index contributed by atoms with van der Waals surface area (Å²) in [5, 5.41) is 4.69. The van der Waals surface area contributed by atoms with Crippen molar-refractivity contribution in [3.8, 4) is 33.4 Å². The van der Waals surface area contributed by atoms with Gasteiger partial charge in [0.1, 0.15) is 0 Å². The zero-order valence-electron chi connectivity index (χ0n) is 20.5. The van der Waals surface area contributed by atoms with Crippen LogP contribution in [-0.4, -0.2) is 0 Å². The van der Waals surface area contributed by atoms with E-state index in [1.807, 2.05) is 24.3 Å². The van der Waals surface area contributed by atoms with Crippen molar-refractivity contribution in [1.82, 2.24) is 0 Å². The molecular weight excluding hydrogens is 384 g/mol. The lowest BCUT2D eigenvalue weighted by Gasteiger charge is -2.19. The van der Waals surface area contributed by atoms with E-state index in [1.54, 1.807) is 12.1 Å². The second kappa shape index (κ2) is 7.83.